The molecule has 4 nitrogen and oxygen atoms in total. The molecule has 0 unspecified atom stereocenters. The molecule has 152 valence electrons. The van der Waals surface area contributed by atoms with Gasteiger partial charge in [-0.05, 0) is 18.8 Å². The van der Waals surface area contributed by atoms with Gasteiger partial charge < -0.3 is 4.90 Å². The van der Waals surface area contributed by atoms with Crippen molar-refractivity contribution in [2.75, 3.05) is 26.2 Å². The fourth-order valence-electron chi connectivity index (χ4n) is 4.24. The lowest BCUT2D eigenvalue weighted by molar-refractivity contribution is -0.134. The number of aromatic nitrogens is 1. The lowest BCUT2D eigenvalue weighted by atomic mass is 9.86. The summed E-state index contributed by atoms with van der Waals surface area (Å²) in [5.74, 6) is 1.01. The number of amides is 1. The molecular weight excluding hydrogens is 390 g/mol. The molecule has 1 aromatic carbocycles. The van der Waals surface area contributed by atoms with Crippen molar-refractivity contribution in [2.24, 2.45) is 5.92 Å². The molecule has 6 heteroatoms. The second kappa shape index (κ2) is 10.4. The number of rotatable bonds is 5. The molecule has 0 radical (unpaired) electrons. The van der Waals surface area contributed by atoms with Gasteiger partial charge in [0.2, 0.25) is 5.91 Å². The van der Waals surface area contributed by atoms with Gasteiger partial charge in [-0.2, -0.15) is 0 Å². The van der Waals surface area contributed by atoms with Gasteiger partial charge >= 0.3 is 0 Å². The molecule has 2 aliphatic rings. The zero-order chi connectivity index (χ0) is 18.5. The van der Waals surface area contributed by atoms with E-state index in [4.69, 9.17) is 4.98 Å². The zero-order valence-electron chi connectivity index (χ0n) is 16.4. The lowest BCUT2D eigenvalue weighted by Crippen LogP contribution is -2.48. The second-order valence-electron chi connectivity index (χ2n) is 7.86. The smallest absolute Gasteiger partial charge is 0.222 e. The van der Waals surface area contributed by atoms with Crippen molar-refractivity contribution in [3.8, 4) is 11.3 Å². The van der Waals surface area contributed by atoms with Crippen molar-refractivity contribution in [3.05, 3.63) is 40.7 Å². The van der Waals surface area contributed by atoms with Gasteiger partial charge in [-0.1, -0.05) is 49.6 Å². The van der Waals surface area contributed by atoms with Crippen LogP contribution in [0.15, 0.2) is 35.7 Å². The summed E-state index contributed by atoms with van der Waals surface area (Å²) in [6.07, 6.45) is 7.24. The van der Waals surface area contributed by atoms with Crippen molar-refractivity contribution < 1.29 is 4.79 Å². The van der Waals surface area contributed by atoms with Crippen LogP contribution in [0.1, 0.15) is 43.5 Å². The summed E-state index contributed by atoms with van der Waals surface area (Å²) in [5, 5.41) is 3.31. The summed E-state index contributed by atoms with van der Waals surface area (Å²) in [6.45, 7) is 4.53. The van der Waals surface area contributed by atoms with E-state index in [9.17, 15) is 4.79 Å². The van der Waals surface area contributed by atoms with E-state index in [1.165, 1.54) is 37.7 Å². The van der Waals surface area contributed by atoms with Gasteiger partial charge in [-0.25, -0.2) is 4.98 Å². The van der Waals surface area contributed by atoms with Crippen molar-refractivity contribution >= 4 is 29.7 Å². The molecule has 2 heterocycles. The Morgan fingerprint density at radius 3 is 2.46 bits per heavy atom. The summed E-state index contributed by atoms with van der Waals surface area (Å²) < 4.78 is 0. The van der Waals surface area contributed by atoms with Gasteiger partial charge in [-0.3, -0.25) is 9.69 Å². The van der Waals surface area contributed by atoms with Crippen LogP contribution in [0.2, 0.25) is 0 Å². The Hall–Kier alpha value is -1.43. The zero-order valence-corrected chi connectivity index (χ0v) is 18.0. The van der Waals surface area contributed by atoms with E-state index in [0.29, 0.717) is 11.8 Å². The molecule has 4 rings (SSSR count). The molecule has 0 atom stereocenters. The highest BCUT2D eigenvalue weighted by molar-refractivity contribution is 7.09. The minimum Gasteiger partial charge on any atom is -0.340 e. The van der Waals surface area contributed by atoms with Crippen LogP contribution in [0.5, 0.6) is 0 Å². The van der Waals surface area contributed by atoms with Crippen LogP contribution in [-0.4, -0.2) is 46.9 Å². The highest BCUT2D eigenvalue weighted by Crippen LogP contribution is 2.27. The predicted molar refractivity (Wildman–Crippen MR) is 118 cm³/mol. The number of hydrogen-bond donors (Lipinski definition) is 0. The number of carbonyl (C=O) groups is 1. The van der Waals surface area contributed by atoms with Crippen LogP contribution in [-0.2, 0) is 11.3 Å². The molecule has 28 heavy (non-hydrogen) atoms. The van der Waals surface area contributed by atoms with Crippen molar-refractivity contribution in [2.45, 2.75) is 45.1 Å². The van der Waals surface area contributed by atoms with Crippen LogP contribution in [0.4, 0.5) is 0 Å². The summed E-state index contributed by atoms with van der Waals surface area (Å²) in [7, 11) is 0. The van der Waals surface area contributed by atoms with Crippen LogP contribution in [0.3, 0.4) is 0 Å². The van der Waals surface area contributed by atoms with E-state index in [2.05, 4.69) is 39.4 Å². The molecule has 1 aromatic heterocycles. The van der Waals surface area contributed by atoms with Gasteiger partial charge in [0, 0.05) is 43.5 Å². The SMILES string of the molecule is Cl.O=C(CC1CCCCC1)N1CCN(Cc2nc(-c3ccccc3)cs2)CC1. The molecule has 1 aliphatic heterocycles. The summed E-state index contributed by atoms with van der Waals surface area (Å²) >= 11 is 1.74. The van der Waals surface area contributed by atoms with Crippen LogP contribution >= 0.6 is 23.7 Å². The molecule has 2 fully saturated rings. The molecule has 1 amide bonds. The molecule has 1 saturated carbocycles. The van der Waals surface area contributed by atoms with Crippen LogP contribution < -0.4 is 0 Å². The van der Waals surface area contributed by atoms with Crippen LogP contribution in [0.25, 0.3) is 11.3 Å². The second-order valence-corrected chi connectivity index (χ2v) is 8.80. The quantitative estimate of drug-likeness (QED) is 0.695. The maximum absolute atomic E-state index is 12.6. The highest BCUT2D eigenvalue weighted by Gasteiger charge is 2.24. The van der Waals surface area contributed by atoms with E-state index in [-0.39, 0.29) is 12.4 Å². The Morgan fingerprint density at radius 2 is 1.75 bits per heavy atom. The first-order valence-corrected chi connectivity index (χ1v) is 11.2. The Bertz CT molecular complexity index is 737. The van der Waals surface area contributed by atoms with Gasteiger partial charge in [0.25, 0.3) is 0 Å². The summed E-state index contributed by atoms with van der Waals surface area (Å²) in [6, 6.07) is 10.4. The molecule has 2 aromatic rings. The fraction of sp³-hybridized carbons (Fsp3) is 0.545. The number of hydrogen-bond acceptors (Lipinski definition) is 4. The average Bonchev–Trinajstić information content (AvgIpc) is 3.18. The van der Waals surface area contributed by atoms with Gasteiger partial charge in [0.1, 0.15) is 5.01 Å². The Balaban J connectivity index is 0.00000225. The normalized spacial score (nSPS) is 18.6. The fourth-order valence-corrected chi connectivity index (χ4v) is 5.08. The third-order valence-corrected chi connectivity index (χ3v) is 6.73. The third kappa shape index (κ3) is 5.56. The maximum Gasteiger partial charge on any atom is 0.222 e. The predicted octanol–water partition coefficient (Wildman–Crippen LogP) is 4.85. The lowest BCUT2D eigenvalue weighted by Gasteiger charge is -2.35. The summed E-state index contributed by atoms with van der Waals surface area (Å²) in [4.78, 5) is 21.9. The molecule has 0 bridgehead atoms. The molecular formula is C22H30ClN3OS. The molecule has 1 saturated heterocycles. The number of piperazine rings is 1. The Kier molecular flexibility index (Phi) is 7.89. The highest BCUT2D eigenvalue weighted by atomic mass is 35.5. The van der Waals surface area contributed by atoms with Gasteiger partial charge in [0.05, 0.1) is 12.2 Å². The molecule has 0 spiro atoms. The van der Waals surface area contributed by atoms with Crippen molar-refractivity contribution in [3.63, 3.8) is 0 Å². The molecule has 1 aliphatic carbocycles. The topological polar surface area (TPSA) is 36.4 Å². The van der Waals surface area contributed by atoms with Gasteiger partial charge in [0.15, 0.2) is 0 Å². The van der Waals surface area contributed by atoms with Crippen molar-refractivity contribution in [1.29, 1.82) is 0 Å². The standard InChI is InChI=1S/C22H29N3OS.ClH/c26-22(15-18-7-3-1-4-8-18)25-13-11-24(12-14-25)16-21-23-20(17-27-21)19-9-5-2-6-10-19;/h2,5-6,9-10,17-18H,1,3-4,7-8,11-16H2;1H. The maximum atomic E-state index is 12.6. The third-order valence-electron chi connectivity index (χ3n) is 5.89. The Labute approximate surface area is 178 Å². The van der Waals surface area contributed by atoms with E-state index < -0.39 is 0 Å². The number of carbonyl (C=O) groups excluding carboxylic acids is 1. The average molecular weight is 420 g/mol. The summed E-state index contributed by atoms with van der Waals surface area (Å²) in [5.41, 5.74) is 2.25. The minimum atomic E-state index is 0. The Morgan fingerprint density at radius 1 is 1.04 bits per heavy atom. The first kappa shape index (κ1) is 21.3. The van der Waals surface area contributed by atoms with Gasteiger partial charge in [-0.15, -0.1) is 23.7 Å². The number of nitrogens with zero attached hydrogens (tertiary/aromatic N) is 3. The largest absolute Gasteiger partial charge is 0.340 e. The van der Waals surface area contributed by atoms with E-state index >= 15 is 0 Å². The van der Waals surface area contributed by atoms with E-state index in [1.807, 2.05) is 6.07 Å². The monoisotopic (exact) mass is 419 g/mol. The van der Waals surface area contributed by atoms with Crippen molar-refractivity contribution in [1.82, 2.24) is 14.8 Å². The number of halogens is 1. The molecule has 0 N–H and O–H groups in total. The number of benzene rings is 1. The van der Waals surface area contributed by atoms with E-state index in [0.717, 1.165) is 49.8 Å². The van der Waals surface area contributed by atoms with E-state index in [1.54, 1.807) is 11.3 Å². The number of thiazole rings is 1. The first-order valence-electron chi connectivity index (χ1n) is 10.3. The first-order chi connectivity index (χ1) is 13.3. The van der Waals surface area contributed by atoms with Crippen LogP contribution in [0, 0.1) is 5.92 Å². The minimum absolute atomic E-state index is 0.